The van der Waals surface area contributed by atoms with E-state index in [0.717, 1.165) is 12.8 Å². The van der Waals surface area contributed by atoms with E-state index in [1.165, 1.54) is 25.7 Å². The molecule has 0 saturated heterocycles. The Bertz CT molecular complexity index is 189. The van der Waals surface area contributed by atoms with Gasteiger partial charge in [-0.3, -0.25) is 0 Å². The largest absolute Gasteiger partial charge is 0.352 e. The normalized spacial score (nSPS) is 27.0. The van der Waals surface area contributed by atoms with Crippen LogP contribution in [0.5, 0.6) is 0 Å². The molecule has 2 saturated carbocycles. The van der Waals surface area contributed by atoms with E-state index in [4.69, 9.17) is 5.73 Å². The highest BCUT2D eigenvalue weighted by molar-refractivity contribution is 5.71. The van der Waals surface area contributed by atoms with E-state index in [1.54, 1.807) is 0 Å². The van der Waals surface area contributed by atoms with Crippen molar-refractivity contribution in [2.45, 2.75) is 44.6 Å². The first kappa shape index (κ1) is 7.90. The molecule has 3 nitrogen and oxygen atoms in total. The third kappa shape index (κ3) is 1.54. The highest BCUT2D eigenvalue weighted by Crippen LogP contribution is 2.55. The number of hydrogen-bond acceptors (Lipinski definition) is 1. The molecule has 1 spiro atoms. The smallest absolute Gasteiger partial charge is 0.312 e. The van der Waals surface area contributed by atoms with Gasteiger partial charge in [0.1, 0.15) is 0 Å². The van der Waals surface area contributed by atoms with Gasteiger partial charge < -0.3 is 11.1 Å². The topological polar surface area (TPSA) is 55.1 Å². The Morgan fingerprint density at radius 3 is 2.25 bits per heavy atom. The van der Waals surface area contributed by atoms with Gasteiger partial charge in [0.15, 0.2) is 0 Å². The molecule has 68 valence electrons. The number of carbonyl (C=O) groups excluding carboxylic acids is 1. The van der Waals surface area contributed by atoms with Gasteiger partial charge in [0.25, 0.3) is 0 Å². The standard InChI is InChI=1S/C9H16N2O/c10-8(12)11-7-1-3-9(4-2-7)5-6-9/h7H,1-6H2,(H3,10,11,12). The van der Waals surface area contributed by atoms with Crippen molar-refractivity contribution in [2.75, 3.05) is 0 Å². The van der Waals surface area contributed by atoms with E-state index < -0.39 is 0 Å². The van der Waals surface area contributed by atoms with Gasteiger partial charge >= 0.3 is 6.03 Å². The number of rotatable bonds is 1. The van der Waals surface area contributed by atoms with Crippen LogP contribution in [0.3, 0.4) is 0 Å². The van der Waals surface area contributed by atoms with E-state index in [-0.39, 0.29) is 6.03 Å². The van der Waals surface area contributed by atoms with E-state index in [1.807, 2.05) is 0 Å². The maximum atomic E-state index is 10.6. The molecule has 0 aromatic heterocycles. The lowest BCUT2D eigenvalue weighted by molar-refractivity contribution is 0.231. The third-order valence-corrected chi connectivity index (χ3v) is 3.35. The third-order valence-electron chi connectivity index (χ3n) is 3.35. The van der Waals surface area contributed by atoms with Crippen LogP contribution in [0.25, 0.3) is 0 Å². The highest BCUT2D eigenvalue weighted by atomic mass is 16.2. The molecule has 2 aliphatic carbocycles. The van der Waals surface area contributed by atoms with Crippen LogP contribution in [0.2, 0.25) is 0 Å². The van der Waals surface area contributed by atoms with Gasteiger partial charge in [0.2, 0.25) is 0 Å². The first-order chi connectivity index (χ1) is 5.70. The maximum Gasteiger partial charge on any atom is 0.312 e. The van der Waals surface area contributed by atoms with Crippen molar-refractivity contribution in [3.8, 4) is 0 Å². The molecule has 2 rings (SSSR count). The Morgan fingerprint density at radius 2 is 1.83 bits per heavy atom. The van der Waals surface area contributed by atoms with Crippen LogP contribution in [0.15, 0.2) is 0 Å². The van der Waals surface area contributed by atoms with Crippen molar-refractivity contribution in [1.29, 1.82) is 0 Å². The molecule has 0 heterocycles. The summed E-state index contributed by atoms with van der Waals surface area (Å²) in [6.07, 6.45) is 7.66. The van der Waals surface area contributed by atoms with E-state index in [0.29, 0.717) is 11.5 Å². The number of hydrogen-bond donors (Lipinski definition) is 2. The second kappa shape index (κ2) is 2.64. The predicted octanol–water partition coefficient (Wildman–Crippen LogP) is 1.38. The number of urea groups is 1. The molecule has 0 unspecified atom stereocenters. The van der Waals surface area contributed by atoms with Crippen molar-refractivity contribution in [3.63, 3.8) is 0 Å². The second-order valence-electron chi connectivity index (χ2n) is 4.28. The van der Waals surface area contributed by atoms with Gasteiger partial charge in [-0.2, -0.15) is 0 Å². The number of carbonyl (C=O) groups is 1. The second-order valence-corrected chi connectivity index (χ2v) is 4.28. The molecule has 3 N–H and O–H groups in total. The summed E-state index contributed by atoms with van der Waals surface area (Å²) < 4.78 is 0. The van der Waals surface area contributed by atoms with Crippen molar-refractivity contribution < 1.29 is 4.79 Å². The zero-order valence-electron chi connectivity index (χ0n) is 7.31. The lowest BCUT2D eigenvalue weighted by atomic mass is 9.83. The fourth-order valence-corrected chi connectivity index (χ4v) is 2.25. The summed E-state index contributed by atoms with van der Waals surface area (Å²) >= 11 is 0. The quantitative estimate of drug-likeness (QED) is 0.610. The SMILES string of the molecule is NC(=O)NC1CCC2(CC1)CC2. The fraction of sp³-hybridized carbons (Fsp3) is 0.889. The average molecular weight is 168 g/mol. The Labute approximate surface area is 72.7 Å². The Balaban J connectivity index is 1.78. The van der Waals surface area contributed by atoms with Crippen LogP contribution >= 0.6 is 0 Å². The van der Waals surface area contributed by atoms with Gasteiger partial charge in [0.05, 0.1) is 0 Å². The van der Waals surface area contributed by atoms with Crippen LogP contribution in [-0.4, -0.2) is 12.1 Å². The minimum Gasteiger partial charge on any atom is -0.352 e. The number of nitrogens with one attached hydrogen (secondary N) is 1. The lowest BCUT2D eigenvalue weighted by Gasteiger charge is -2.28. The number of primary amides is 1. The molecule has 3 heteroatoms. The average Bonchev–Trinajstić information content (AvgIpc) is 2.75. The molecule has 2 fully saturated rings. The summed E-state index contributed by atoms with van der Waals surface area (Å²) in [5.74, 6) is 0. The molecule has 0 radical (unpaired) electrons. The predicted molar refractivity (Wildman–Crippen MR) is 46.6 cm³/mol. The minimum atomic E-state index is -0.369. The van der Waals surface area contributed by atoms with Gasteiger partial charge in [-0.15, -0.1) is 0 Å². The molecule has 12 heavy (non-hydrogen) atoms. The first-order valence-corrected chi connectivity index (χ1v) is 4.76. The van der Waals surface area contributed by atoms with Crippen LogP contribution in [0.4, 0.5) is 4.79 Å². The first-order valence-electron chi connectivity index (χ1n) is 4.76. The Hall–Kier alpha value is -0.730. The monoisotopic (exact) mass is 168 g/mol. The van der Waals surface area contributed by atoms with Crippen LogP contribution in [0, 0.1) is 5.41 Å². The van der Waals surface area contributed by atoms with Gasteiger partial charge in [-0.1, -0.05) is 0 Å². The van der Waals surface area contributed by atoms with E-state index in [2.05, 4.69) is 5.32 Å². The number of amides is 2. The summed E-state index contributed by atoms with van der Waals surface area (Å²) in [4.78, 5) is 10.6. The molecule has 2 amide bonds. The fourth-order valence-electron chi connectivity index (χ4n) is 2.25. The molecule has 0 aromatic rings. The minimum absolute atomic E-state index is 0.355. The van der Waals surface area contributed by atoms with Crippen molar-refractivity contribution in [2.24, 2.45) is 11.1 Å². The summed E-state index contributed by atoms with van der Waals surface area (Å²) in [6.45, 7) is 0. The Kier molecular flexibility index (Phi) is 1.74. The van der Waals surface area contributed by atoms with Gasteiger partial charge in [-0.25, -0.2) is 4.79 Å². The summed E-state index contributed by atoms with van der Waals surface area (Å²) in [5, 5.41) is 2.79. The van der Waals surface area contributed by atoms with Crippen molar-refractivity contribution in [1.82, 2.24) is 5.32 Å². The van der Waals surface area contributed by atoms with Gasteiger partial charge in [0, 0.05) is 6.04 Å². The molecule has 0 bridgehead atoms. The summed E-state index contributed by atoms with van der Waals surface area (Å²) in [6, 6.07) is -0.0135. The molecular formula is C9H16N2O. The molecule has 2 aliphatic rings. The van der Waals surface area contributed by atoms with E-state index in [9.17, 15) is 4.79 Å². The van der Waals surface area contributed by atoms with Crippen LogP contribution < -0.4 is 11.1 Å². The molecule has 0 atom stereocenters. The zero-order valence-corrected chi connectivity index (χ0v) is 7.31. The molecule has 0 aliphatic heterocycles. The molecule has 0 aromatic carbocycles. The molecular weight excluding hydrogens is 152 g/mol. The Morgan fingerprint density at radius 1 is 1.25 bits per heavy atom. The van der Waals surface area contributed by atoms with Crippen LogP contribution in [0.1, 0.15) is 38.5 Å². The summed E-state index contributed by atoms with van der Waals surface area (Å²) in [7, 11) is 0. The zero-order chi connectivity index (χ0) is 8.60. The van der Waals surface area contributed by atoms with Gasteiger partial charge in [-0.05, 0) is 43.9 Å². The van der Waals surface area contributed by atoms with Crippen molar-refractivity contribution in [3.05, 3.63) is 0 Å². The van der Waals surface area contributed by atoms with Crippen LogP contribution in [-0.2, 0) is 0 Å². The number of nitrogens with two attached hydrogens (primary N) is 1. The van der Waals surface area contributed by atoms with Crippen molar-refractivity contribution >= 4 is 6.03 Å². The summed E-state index contributed by atoms with van der Waals surface area (Å²) in [5.41, 5.74) is 5.76. The lowest BCUT2D eigenvalue weighted by Crippen LogP contribution is -2.40. The highest BCUT2D eigenvalue weighted by Gasteiger charge is 2.44. The van der Waals surface area contributed by atoms with E-state index >= 15 is 0 Å². The maximum absolute atomic E-state index is 10.6.